The summed E-state index contributed by atoms with van der Waals surface area (Å²) in [6, 6.07) is 0.671. The van der Waals surface area contributed by atoms with E-state index in [0.29, 0.717) is 0 Å². The molecule has 9 nitrogen and oxygen atoms in total. The summed E-state index contributed by atoms with van der Waals surface area (Å²) in [5.41, 5.74) is -1.22. The lowest BCUT2D eigenvalue weighted by molar-refractivity contribution is 0.0832. The van der Waals surface area contributed by atoms with E-state index in [4.69, 9.17) is 0 Å². The number of rotatable bonds is 1. The van der Waals surface area contributed by atoms with E-state index in [1.165, 1.54) is 26.4 Å². The predicted octanol–water partition coefficient (Wildman–Crippen LogP) is -0.977. The topological polar surface area (TPSA) is 128 Å². The fourth-order valence-electron chi connectivity index (χ4n) is 1.62. The van der Waals surface area contributed by atoms with Gasteiger partial charge in [0, 0.05) is 20.3 Å². The van der Waals surface area contributed by atoms with E-state index < -0.39 is 23.2 Å². The predicted molar refractivity (Wildman–Crippen MR) is 69.5 cm³/mol. The molecule has 0 aliphatic carbocycles. The van der Waals surface area contributed by atoms with Gasteiger partial charge in [0.2, 0.25) is 0 Å². The van der Waals surface area contributed by atoms with Crippen molar-refractivity contribution in [3.05, 3.63) is 38.7 Å². The highest BCUT2D eigenvalue weighted by molar-refractivity contribution is 6.04. The lowest BCUT2D eigenvalue weighted by atomic mass is 10.2. The third-order valence-corrected chi connectivity index (χ3v) is 2.66. The standard InChI is InChI=1S/C11H11N5O4/c1-12-11(20)16(2)9(18)5-3-6-7(13-4-5)14-10(19)15-8(6)17/h3-4H,1-2H3,(H,12,20)(H2,13,14,15,17,19). The van der Waals surface area contributed by atoms with Crippen LogP contribution < -0.4 is 16.6 Å². The second-order valence-electron chi connectivity index (χ2n) is 3.95. The molecule has 3 N–H and O–H groups in total. The summed E-state index contributed by atoms with van der Waals surface area (Å²) in [4.78, 5) is 55.1. The highest BCUT2D eigenvalue weighted by Crippen LogP contribution is 2.07. The number of nitrogens with zero attached hydrogens (tertiary/aromatic N) is 2. The summed E-state index contributed by atoms with van der Waals surface area (Å²) >= 11 is 0. The number of imide groups is 1. The van der Waals surface area contributed by atoms with Crippen molar-refractivity contribution in [1.82, 2.24) is 25.2 Å². The number of aromatic amines is 2. The van der Waals surface area contributed by atoms with Crippen LogP contribution in [0.5, 0.6) is 0 Å². The van der Waals surface area contributed by atoms with Gasteiger partial charge >= 0.3 is 11.7 Å². The molecule has 0 aliphatic heterocycles. The number of carbonyl (C=O) groups excluding carboxylic acids is 2. The van der Waals surface area contributed by atoms with Crippen molar-refractivity contribution in [3.8, 4) is 0 Å². The van der Waals surface area contributed by atoms with E-state index in [9.17, 15) is 19.2 Å². The molecule has 0 radical (unpaired) electrons. The number of carbonyl (C=O) groups is 2. The zero-order chi connectivity index (χ0) is 14.9. The van der Waals surface area contributed by atoms with Crippen molar-refractivity contribution in [1.29, 1.82) is 0 Å². The van der Waals surface area contributed by atoms with Crippen LogP contribution in [0.2, 0.25) is 0 Å². The third-order valence-electron chi connectivity index (χ3n) is 2.66. The minimum atomic E-state index is -0.684. The molecule has 0 saturated carbocycles. The van der Waals surface area contributed by atoms with E-state index >= 15 is 0 Å². The molecule has 0 spiro atoms. The Hall–Kier alpha value is -2.97. The van der Waals surface area contributed by atoms with Crippen LogP contribution in [0.3, 0.4) is 0 Å². The summed E-state index contributed by atoms with van der Waals surface area (Å²) in [5.74, 6) is -0.621. The van der Waals surface area contributed by atoms with Gasteiger partial charge in [-0.25, -0.2) is 14.6 Å². The third kappa shape index (κ3) is 2.28. The van der Waals surface area contributed by atoms with Gasteiger partial charge in [0.05, 0.1) is 10.9 Å². The molecule has 20 heavy (non-hydrogen) atoms. The minimum absolute atomic E-state index is 0.0563. The van der Waals surface area contributed by atoms with Gasteiger partial charge in [0.25, 0.3) is 11.5 Å². The molecule has 2 aromatic heterocycles. The maximum Gasteiger partial charge on any atom is 0.327 e. The van der Waals surface area contributed by atoms with Crippen molar-refractivity contribution in [2.75, 3.05) is 14.1 Å². The van der Waals surface area contributed by atoms with Crippen LogP contribution in [0.15, 0.2) is 21.9 Å². The van der Waals surface area contributed by atoms with Crippen LogP contribution in [0.1, 0.15) is 10.4 Å². The number of urea groups is 1. The smallest absolute Gasteiger partial charge is 0.327 e. The monoisotopic (exact) mass is 277 g/mol. The van der Waals surface area contributed by atoms with E-state index in [-0.39, 0.29) is 16.6 Å². The molecule has 2 rings (SSSR count). The summed E-state index contributed by atoms with van der Waals surface area (Å²) < 4.78 is 0. The highest BCUT2D eigenvalue weighted by Gasteiger charge is 2.18. The zero-order valence-electron chi connectivity index (χ0n) is 10.7. The zero-order valence-corrected chi connectivity index (χ0v) is 10.7. The first kappa shape index (κ1) is 13.5. The average molecular weight is 277 g/mol. The molecule has 0 fully saturated rings. The van der Waals surface area contributed by atoms with Crippen molar-refractivity contribution in [2.45, 2.75) is 0 Å². The summed E-state index contributed by atoms with van der Waals surface area (Å²) in [5, 5.41) is 2.36. The number of hydrogen-bond acceptors (Lipinski definition) is 5. The van der Waals surface area contributed by atoms with Crippen LogP contribution >= 0.6 is 0 Å². The number of H-pyrrole nitrogens is 2. The number of pyridine rings is 1. The van der Waals surface area contributed by atoms with Gasteiger partial charge in [-0.3, -0.25) is 24.5 Å². The van der Waals surface area contributed by atoms with Gasteiger partial charge in [-0.15, -0.1) is 0 Å². The molecule has 2 heterocycles. The Morgan fingerprint density at radius 1 is 1.30 bits per heavy atom. The second-order valence-corrected chi connectivity index (χ2v) is 3.95. The Bertz CT molecular complexity index is 806. The van der Waals surface area contributed by atoms with Gasteiger partial charge in [-0.05, 0) is 6.07 Å². The van der Waals surface area contributed by atoms with Crippen LogP contribution in [0.4, 0.5) is 4.79 Å². The summed E-state index contributed by atoms with van der Waals surface area (Å²) in [7, 11) is 2.68. The SMILES string of the molecule is CNC(=O)N(C)C(=O)c1cnc2[nH]c(=O)[nH]c(=O)c2c1. The molecule has 0 aliphatic rings. The quantitative estimate of drug-likeness (QED) is 0.617. The Balaban J connectivity index is 2.52. The van der Waals surface area contributed by atoms with E-state index in [0.717, 1.165) is 4.90 Å². The van der Waals surface area contributed by atoms with E-state index in [1.54, 1.807) is 0 Å². The molecule has 3 amide bonds. The molecule has 2 aromatic rings. The molecule has 0 aromatic carbocycles. The molecule has 0 atom stereocenters. The molecule has 0 saturated heterocycles. The number of hydrogen-bond donors (Lipinski definition) is 3. The minimum Gasteiger partial charge on any atom is -0.341 e. The maximum atomic E-state index is 12.0. The first-order valence-electron chi connectivity index (χ1n) is 5.56. The van der Waals surface area contributed by atoms with Crippen LogP contribution in [0.25, 0.3) is 11.0 Å². The van der Waals surface area contributed by atoms with E-state index in [1.807, 2.05) is 4.98 Å². The van der Waals surface area contributed by atoms with Gasteiger partial charge in [0.1, 0.15) is 5.65 Å². The van der Waals surface area contributed by atoms with Crippen LogP contribution in [-0.2, 0) is 0 Å². The molecule has 0 unspecified atom stereocenters. The number of aromatic nitrogens is 3. The fourth-order valence-corrected chi connectivity index (χ4v) is 1.62. The highest BCUT2D eigenvalue weighted by atomic mass is 16.2. The van der Waals surface area contributed by atoms with Crippen molar-refractivity contribution in [2.24, 2.45) is 0 Å². The first-order valence-corrected chi connectivity index (χ1v) is 5.56. The molecule has 0 bridgehead atoms. The van der Waals surface area contributed by atoms with Gasteiger partial charge in [0.15, 0.2) is 0 Å². The van der Waals surface area contributed by atoms with Crippen molar-refractivity contribution < 1.29 is 9.59 Å². The second kappa shape index (κ2) is 4.96. The molecule has 9 heteroatoms. The lowest BCUT2D eigenvalue weighted by Crippen LogP contribution is -2.39. The van der Waals surface area contributed by atoms with Gasteiger partial charge < -0.3 is 5.32 Å². The first-order chi connectivity index (χ1) is 9.43. The summed E-state index contributed by atoms with van der Waals surface area (Å²) in [6.07, 6.45) is 1.18. The van der Waals surface area contributed by atoms with Crippen LogP contribution in [0, 0.1) is 0 Å². The van der Waals surface area contributed by atoms with Crippen molar-refractivity contribution in [3.63, 3.8) is 0 Å². The average Bonchev–Trinajstić information content (AvgIpc) is 2.44. The largest absolute Gasteiger partial charge is 0.341 e. The fraction of sp³-hybridized carbons (Fsp3) is 0.182. The Morgan fingerprint density at radius 3 is 2.65 bits per heavy atom. The number of amides is 3. The van der Waals surface area contributed by atoms with Crippen LogP contribution in [-0.4, -0.2) is 45.9 Å². The lowest BCUT2D eigenvalue weighted by Gasteiger charge is -2.14. The van der Waals surface area contributed by atoms with Gasteiger partial charge in [-0.1, -0.05) is 0 Å². The van der Waals surface area contributed by atoms with E-state index in [2.05, 4.69) is 15.3 Å². The van der Waals surface area contributed by atoms with Gasteiger partial charge in [-0.2, -0.15) is 0 Å². The Morgan fingerprint density at radius 2 is 2.00 bits per heavy atom. The Kier molecular flexibility index (Phi) is 3.34. The maximum absolute atomic E-state index is 12.0. The number of fused-ring (bicyclic) bond motifs is 1. The Labute approximate surface area is 111 Å². The van der Waals surface area contributed by atoms with Crippen molar-refractivity contribution >= 4 is 23.0 Å². The molecular formula is C11H11N5O4. The summed E-state index contributed by atoms with van der Waals surface area (Å²) in [6.45, 7) is 0. The normalized spacial score (nSPS) is 10.3. The molecule has 104 valence electrons. The number of nitrogens with one attached hydrogen (secondary N) is 3. The molecular weight excluding hydrogens is 266 g/mol.